The number of aryl methyl sites for hydroxylation is 2. The third-order valence-electron chi connectivity index (χ3n) is 4.37. The summed E-state index contributed by atoms with van der Waals surface area (Å²) in [4.78, 5) is 24.6. The van der Waals surface area contributed by atoms with Crippen LogP contribution in [0.15, 0.2) is 42.5 Å². The van der Waals surface area contributed by atoms with Crippen molar-refractivity contribution in [2.45, 2.75) is 20.8 Å². The quantitative estimate of drug-likeness (QED) is 0.898. The number of hydrogen-bond donors (Lipinski definition) is 1. The van der Waals surface area contributed by atoms with Gasteiger partial charge in [0.25, 0.3) is 5.91 Å². The van der Waals surface area contributed by atoms with E-state index >= 15 is 0 Å². The molecule has 0 radical (unpaired) electrons. The van der Waals surface area contributed by atoms with E-state index in [0.717, 1.165) is 21.1 Å². The zero-order chi connectivity index (χ0) is 19.1. The largest absolute Gasteiger partial charge is 0.322 e. The molecule has 0 aliphatic carbocycles. The smallest absolute Gasteiger partial charge is 0.255 e. The predicted octanol–water partition coefficient (Wildman–Crippen LogP) is 2.87. The highest BCUT2D eigenvalue weighted by molar-refractivity contribution is 7.94. The van der Waals surface area contributed by atoms with Crippen LogP contribution in [0.5, 0.6) is 0 Å². The van der Waals surface area contributed by atoms with Gasteiger partial charge < -0.3 is 5.32 Å². The van der Waals surface area contributed by atoms with Gasteiger partial charge in [-0.25, -0.2) is 12.7 Å². The van der Waals surface area contributed by atoms with Gasteiger partial charge in [-0.1, -0.05) is 19.1 Å². The minimum Gasteiger partial charge on any atom is -0.322 e. The third kappa shape index (κ3) is 3.35. The molecule has 0 bridgehead atoms. The van der Waals surface area contributed by atoms with Crippen molar-refractivity contribution in [2.24, 2.45) is 5.92 Å². The van der Waals surface area contributed by atoms with Crippen molar-refractivity contribution in [1.29, 1.82) is 0 Å². The molecule has 6 nitrogen and oxygen atoms in total. The van der Waals surface area contributed by atoms with Crippen LogP contribution in [0.4, 0.5) is 11.4 Å². The second-order valence-electron chi connectivity index (χ2n) is 6.60. The molecule has 2 amide bonds. The Bertz CT molecular complexity index is 981. The summed E-state index contributed by atoms with van der Waals surface area (Å²) in [5, 5.41) is 2.85. The maximum atomic E-state index is 12.4. The molecule has 26 heavy (non-hydrogen) atoms. The lowest BCUT2D eigenvalue weighted by Gasteiger charge is -2.15. The molecule has 1 aliphatic rings. The Hall–Kier alpha value is -2.67. The number of sulfonamides is 1. The topological polar surface area (TPSA) is 83.6 Å². The van der Waals surface area contributed by atoms with Gasteiger partial charge in [0.15, 0.2) is 0 Å². The average Bonchev–Trinajstić information content (AvgIpc) is 2.78. The van der Waals surface area contributed by atoms with Gasteiger partial charge in [-0.15, -0.1) is 0 Å². The lowest BCUT2D eigenvalue weighted by Crippen LogP contribution is -2.30. The minimum atomic E-state index is -3.65. The van der Waals surface area contributed by atoms with Crippen LogP contribution in [0.25, 0.3) is 0 Å². The Morgan fingerprint density at radius 3 is 2.35 bits per heavy atom. The van der Waals surface area contributed by atoms with E-state index in [1.165, 1.54) is 24.3 Å². The molecule has 3 rings (SSSR count). The molecular formula is C19H20N2O4S. The first-order chi connectivity index (χ1) is 12.2. The van der Waals surface area contributed by atoms with Gasteiger partial charge in [0.1, 0.15) is 0 Å². The Morgan fingerprint density at radius 2 is 1.77 bits per heavy atom. The molecule has 1 fully saturated rings. The molecule has 2 aromatic rings. The molecule has 136 valence electrons. The first kappa shape index (κ1) is 18.1. The standard InChI is InChI=1S/C19H20N2O4S/c1-12-4-5-13(2)17(10-12)20-18(22)15-6-8-16(9-7-15)21-19(23)14(3)11-26(21,24)25/h4-10,14H,11H2,1-3H3,(H,20,22)/t14-/m1/s1. The molecule has 1 N–H and O–H groups in total. The highest BCUT2D eigenvalue weighted by Crippen LogP contribution is 2.28. The minimum absolute atomic E-state index is 0.194. The number of carbonyl (C=O) groups is 2. The second kappa shape index (κ2) is 6.57. The van der Waals surface area contributed by atoms with Crippen molar-refractivity contribution in [3.63, 3.8) is 0 Å². The Kier molecular flexibility index (Phi) is 4.58. The van der Waals surface area contributed by atoms with E-state index in [0.29, 0.717) is 5.56 Å². The van der Waals surface area contributed by atoms with Gasteiger partial charge in [-0.05, 0) is 55.3 Å². The zero-order valence-corrected chi connectivity index (χ0v) is 15.6. The normalized spacial score (nSPS) is 18.8. The van der Waals surface area contributed by atoms with Crippen molar-refractivity contribution in [3.8, 4) is 0 Å². The van der Waals surface area contributed by atoms with Crippen molar-refractivity contribution in [1.82, 2.24) is 0 Å². The molecular weight excluding hydrogens is 352 g/mol. The number of hydrogen-bond acceptors (Lipinski definition) is 4. The van der Waals surface area contributed by atoms with Crippen molar-refractivity contribution in [2.75, 3.05) is 15.4 Å². The Labute approximate surface area is 152 Å². The third-order valence-corrected chi connectivity index (χ3v) is 6.23. The lowest BCUT2D eigenvalue weighted by atomic mass is 10.1. The maximum Gasteiger partial charge on any atom is 0.255 e. The number of benzene rings is 2. The fourth-order valence-corrected chi connectivity index (χ4v) is 4.72. The van der Waals surface area contributed by atoms with Crippen molar-refractivity contribution in [3.05, 3.63) is 59.2 Å². The highest BCUT2D eigenvalue weighted by Gasteiger charge is 2.41. The molecule has 0 unspecified atom stereocenters. The molecule has 2 aromatic carbocycles. The number of nitrogens with one attached hydrogen (secondary N) is 1. The summed E-state index contributed by atoms with van der Waals surface area (Å²) in [6, 6.07) is 11.8. The van der Waals surface area contributed by atoms with Gasteiger partial charge in [0.05, 0.1) is 17.4 Å². The van der Waals surface area contributed by atoms with Crippen molar-refractivity contribution >= 4 is 33.2 Å². The molecule has 0 saturated carbocycles. The first-order valence-corrected chi connectivity index (χ1v) is 9.85. The summed E-state index contributed by atoms with van der Waals surface area (Å²) < 4.78 is 25.1. The molecule has 7 heteroatoms. The van der Waals surface area contributed by atoms with Gasteiger partial charge >= 0.3 is 0 Å². The van der Waals surface area contributed by atoms with Gasteiger partial charge in [-0.2, -0.15) is 0 Å². The molecule has 1 saturated heterocycles. The predicted molar refractivity (Wildman–Crippen MR) is 101 cm³/mol. The van der Waals surface area contributed by atoms with Crippen LogP contribution in [0, 0.1) is 19.8 Å². The summed E-state index contributed by atoms with van der Waals surface area (Å²) in [7, 11) is -3.65. The molecule has 1 atom stereocenters. The number of carbonyl (C=O) groups excluding carboxylic acids is 2. The fourth-order valence-electron chi connectivity index (χ4n) is 2.90. The van der Waals surface area contributed by atoms with E-state index < -0.39 is 21.8 Å². The van der Waals surface area contributed by atoms with E-state index in [2.05, 4.69) is 5.32 Å². The molecule has 0 aromatic heterocycles. The summed E-state index contributed by atoms with van der Waals surface area (Å²) in [5.41, 5.74) is 3.34. The van der Waals surface area contributed by atoms with Gasteiger partial charge in [0, 0.05) is 11.3 Å². The van der Waals surface area contributed by atoms with Crippen LogP contribution < -0.4 is 9.62 Å². The Balaban J connectivity index is 1.82. The number of anilines is 2. The monoisotopic (exact) mass is 372 g/mol. The summed E-state index contributed by atoms with van der Waals surface area (Å²) in [6.07, 6.45) is 0. The zero-order valence-electron chi connectivity index (χ0n) is 14.8. The van der Waals surface area contributed by atoms with E-state index in [1.807, 2.05) is 32.0 Å². The van der Waals surface area contributed by atoms with E-state index in [1.54, 1.807) is 6.92 Å². The molecule has 1 heterocycles. The van der Waals surface area contributed by atoms with Crippen LogP contribution in [0.2, 0.25) is 0 Å². The number of amides is 2. The van der Waals surface area contributed by atoms with Crippen LogP contribution >= 0.6 is 0 Å². The number of rotatable bonds is 3. The second-order valence-corrected chi connectivity index (χ2v) is 8.46. The van der Waals surface area contributed by atoms with Crippen LogP contribution in [0.3, 0.4) is 0 Å². The van der Waals surface area contributed by atoms with Crippen LogP contribution in [0.1, 0.15) is 28.4 Å². The fraction of sp³-hybridized carbons (Fsp3) is 0.263. The summed E-state index contributed by atoms with van der Waals surface area (Å²) in [5.74, 6) is -1.50. The molecule has 0 spiro atoms. The number of nitrogens with zero attached hydrogens (tertiary/aromatic N) is 1. The van der Waals surface area contributed by atoms with Crippen molar-refractivity contribution < 1.29 is 18.0 Å². The first-order valence-electron chi connectivity index (χ1n) is 8.24. The maximum absolute atomic E-state index is 12.4. The van der Waals surface area contributed by atoms with Gasteiger partial charge in [0.2, 0.25) is 15.9 Å². The van der Waals surface area contributed by atoms with E-state index in [-0.39, 0.29) is 17.3 Å². The van der Waals surface area contributed by atoms with Gasteiger partial charge in [-0.3, -0.25) is 9.59 Å². The summed E-state index contributed by atoms with van der Waals surface area (Å²) >= 11 is 0. The van der Waals surface area contributed by atoms with Crippen LogP contribution in [-0.2, 0) is 14.8 Å². The SMILES string of the molecule is Cc1ccc(C)c(NC(=O)c2ccc(N3C(=O)[C@H](C)CS3(=O)=O)cc2)c1. The van der Waals surface area contributed by atoms with E-state index in [4.69, 9.17) is 0 Å². The lowest BCUT2D eigenvalue weighted by molar-refractivity contribution is -0.119. The average molecular weight is 372 g/mol. The van der Waals surface area contributed by atoms with Crippen LogP contribution in [-0.4, -0.2) is 26.0 Å². The molecule has 1 aliphatic heterocycles. The van der Waals surface area contributed by atoms with E-state index in [9.17, 15) is 18.0 Å². The summed E-state index contributed by atoms with van der Waals surface area (Å²) in [6.45, 7) is 5.44. The Morgan fingerprint density at radius 1 is 1.12 bits per heavy atom. The highest BCUT2D eigenvalue weighted by atomic mass is 32.2.